The quantitative estimate of drug-likeness (QED) is 0.829. The number of ether oxygens (including phenoxy) is 1. The molecule has 0 N–H and O–H groups in total. The zero-order valence-corrected chi connectivity index (χ0v) is 10.4. The van der Waals surface area contributed by atoms with Crippen LogP contribution in [0.2, 0.25) is 0 Å². The topological polar surface area (TPSA) is 25.4 Å². The Morgan fingerprint density at radius 1 is 1.22 bits per heavy atom. The monoisotopic (exact) mass is 246 g/mol. The summed E-state index contributed by atoms with van der Waals surface area (Å²) >= 11 is 0. The van der Waals surface area contributed by atoms with Crippen molar-refractivity contribution in [1.82, 2.24) is 4.98 Å². The molecule has 2 aromatic rings. The van der Waals surface area contributed by atoms with Crippen molar-refractivity contribution in [3.05, 3.63) is 54.0 Å². The molecule has 0 aliphatic heterocycles. The third-order valence-electron chi connectivity index (χ3n) is 2.68. The minimum absolute atomic E-state index is 0.312. The molecule has 1 heterocycles. The number of pyridine rings is 1. The summed E-state index contributed by atoms with van der Waals surface area (Å²) in [6.45, 7) is 0.595. The molecule has 1 aromatic carbocycles. The summed E-state index contributed by atoms with van der Waals surface area (Å²) in [7, 11) is 3.44. The molecule has 0 radical (unpaired) electrons. The van der Waals surface area contributed by atoms with Gasteiger partial charge >= 0.3 is 0 Å². The highest BCUT2D eigenvalue weighted by Crippen LogP contribution is 2.17. The maximum Gasteiger partial charge on any atom is 0.165 e. The molecule has 0 atom stereocenters. The van der Waals surface area contributed by atoms with Crippen molar-refractivity contribution in [3.8, 4) is 5.75 Å². The number of rotatable bonds is 4. The average Bonchev–Trinajstić information content (AvgIpc) is 2.40. The number of nitrogens with zero attached hydrogens (tertiary/aromatic N) is 2. The number of aromatic nitrogens is 1. The third kappa shape index (κ3) is 2.77. The molecule has 0 saturated heterocycles. The van der Waals surface area contributed by atoms with E-state index < -0.39 is 0 Å². The molecule has 0 spiro atoms. The lowest BCUT2D eigenvalue weighted by atomic mass is 10.2. The van der Waals surface area contributed by atoms with Gasteiger partial charge < -0.3 is 9.64 Å². The standard InChI is InChI=1S/C14H15FN2O/c1-17(14-13(15)4-3-9-16-14)10-11-5-7-12(18-2)8-6-11/h3-9H,10H2,1-2H3. The molecule has 94 valence electrons. The third-order valence-corrected chi connectivity index (χ3v) is 2.68. The smallest absolute Gasteiger partial charge is 0.165 e. The predicted molar refractivity (Wildman–Crippen MR) is 69.3 cm³/mol. The van der Waals surface area contributed by atoms with E-state index in [1.807, 2.05) is 31.3 Å². The van der Waals surface area contributed by atoms with Gasteiger partial charge in [-0.15, -0.1) is 0 Å². The highest BCUT2D eigenvalue weighted by atomic mass is 19.1. The van der Waals surface area contributed by atoms with Gasteiger partial charge in [-0.25, -0.2) is 9.37 Å². The number of hydrogen-bond donors (Lipinski definition) is 0. The molecule has 1 aromatic heterocycles. The largest absolute Gasteiger partial charge is 0.497 e. The van der Waals surface area contributed by atoms with Gasteiger partial charge in [0.15, 0.2) is 11.6 Å². The van der Waals surface area contributed by atoms with Gasteiger partial charge in [0.25, 0.3) is 0 Å². The van der Waals surface area contributed by atoms with Crippen molar-refractivity contribution in [3.63, 3.8) is 0 Å². The normalized spacial score (nSPS) is 10.2. The van der Waals surface area contributed by atoms with Crippen molar-refractivity contribution in [2.24, 2.45) is 0 Å². The van der Waals surface area contributed by atoms with Crippen LogP contribution in [0, 0.1) is 5.82 Å². The Hall–Kier alpha value is -2.10. The first-order valence-corrected chi connectivity index (χ1v) is 5.65. The van der Waals surface area contributed by atoms with E-state index in [0.717, 1.165) is 11.3 Å². The zero-order valence-electron chi connectivity index (χ0n) is 10.4. The first kappa shape index (κ1) is 12.4. The van der Waals surface area contributed by atoms with E-state index in [1.54, 1.807) is 24.3 Å². The second-order valence-corrected chi connectivity index (χ2v) is 4.01. The summed E-state index contributed by atoms with van der Waals surface area (Å²) in [5, 5.41) is 0. The van der Waals surface area contributed by atoms with E-state index in [0.29, 0.717) is 12.4 Å². The molecule has 0 amide bonds. The Balaban J connectivity index is 2.11. The lowest BCUT2D eigenvalue weighted by Crippen LogP contribution is -2.18. The zero-order chi connectivity index (χ0) is 13.0. The molecule has 0 fully saturated rings. The minimum atomic E-state index is -0.312. The Morgan fingerprint density at radius 3 is 2.56 bits per heavy atom. The maximum atomic E-state index is 13.5. The average molecular weight is 246 g/mol. The van der Waals surface area contributed by atoms with Crippen LogP contribution >= 0.6 is 0 Å². The van der Waals surface area contributed by atoms with Gasteiger partial charge in [0.05, 0.1) is 7.11 Å². The van der Waals surface area contributed by atoms with Gasteiger partial charge in [0.1, 0.15) is 5.75 Å². The first-order valence-electron chi connectivity index (χ1n) is 5.65. The van der Waals surface area contributed by atoms with Gasteiger partial charge in [-0.2, -0.15) is 0 Å². The van der Waals surface area contributed by atoms with Crippen LogP contribution in [0.3, 0.4) is 0 Å². The number of methoxy groups -OCH3 is 1. The molecule has 2 rings (SSSR count). The van der Waals surface area contributed by atoms with E-state index in [2.05, 4.69) is 4.98 Å². The molecular formula is C14H15FN2O. The lowest BCUT2D eigenvalue weighted by Gasteiger charge is -2.18. The second-order valence-electron chi connectivity index (χ2n) is 4.01. The van der Waals surface area contributed by atoms with Crippen molar-refractivity contribution in [2.45, 2.75) is 6.54 Å². The van der Waals surface area contributed by atoms with Crippen LogP contribution in [-0.2, 0) is 6.54 Å². The van der Waals surface area contributed by atoms with Crippen LogP contribution in [0.4, 0.5) is 10.2 Å². The van der Waals surface area contributed by atoms with Gasteiger partial charge in [-0.05, 0) is 29.8 Å². The number of benzene rings is 1. The fourth-order valence-electron chi connectivity index (χ4n) is 1.74. The first-order chi connectivity index (χ1) is 8.70. The van der Waals surface area contributed by atoms with E-state index in [9.17, 15) is 4.39 Å². The highest BCUT2D eigenvalue weighted by Gasteiger charge is 2.08. The van der Waals surface area contributed by atoms with E-state index in [-0.39, 0.29) is 5.82 Å². The van der Waals surface area contributed by atoms with Crippen molar-refractivity contribution in [1.29, 1.82) is 0 Å². The fourth-order valence-corrected chi connectivity index (χ4v) is 1.74. The van der Waals surface area contributed by atoms with Crippen LogP contribution in [0.1, 0.15) is 5.56 Å². The summed E-state index contributed by atoms with van der Waals surface area (Å²) in [5.41, 5.74) is 1.07. The summed E-state index contributed by atoms with van der Waals surface area (Å²) < 4.78 is 18.6. The number of hydrogen-bond acceptors (Lipinski definition) is 3. The van der Waals surface area contributed by atoms with Gasteiger partial charge in [-0.3, -0.25) is 0 Å². The minimum Gasteiger partial charge on any atom is -0.497 e. The van der Waals surface area contributed by atoms with Crippen LogP contribution in [-0.4, -0.2) is 19.1 Å². The highest BCUT2D eigenvalue weighted by molar-refractivity contribution is 5.40. The molecular weight excluding hydrogens is 231 g/mol. The summed E-state index contributed by atoms with van der Waals surface area (Å²) in [6, 6.07) is 10.7. The van der Waals surface area contributed by atoms with E-state index in [4.69, 9.17) is 4.74 Å². The Labute approximate surface area is 106 Å². The Morgan fingerprint density at radius 2 is 1.94 bits per heavy atom. The molecule has 3 nitrogen and oxygen atoms in total. The van der Waals surface area contributed by atoms with E-state index in [1.165, 1.54) is 6.07 Å². The fraction of sp³-hybridized carbons (Fsp3) is 0.214. The maximum absolute atomic E-state index is 13.5. The number of halogens is 1. The van der Waals surface area contributed by atoms with Crippen LogP contribution < -0.4 is 9.64 Å². The van der Waals surface area contributed by atoms with Crippen molar-refractivity contribution >= 4 is 5.82 Å². The predicted octanol–water partition coefficient (Wildman–Crippen LogP) is 2.87. The SMILES string of the molecule is COc1ccc(CN(C)c2ncccc2F)cc1. The number of anilines is 1. The van der Waals surface area contributed by atoms with Crippen LogP contribution in [0.25, 0.3) is 0 Å². The Bertz CT molecular complexity index is 513. The summed E-state index contributed by atoms with van der Waals surface area (Å²) in [6.07, 6.45) is 1.59. The van der Waals surface area contributed by atoms with Crippen LogP contribution in [0.15, 0.2) is 42.6 Å². The molecule has 4 heteroatoms. The van der Waals surface area contributed by atoms with Crippen molar-refractivity contribution in [2.75, 3.05) is 19.1 Å². The summed E-state index contributed by atoms with van der Waals surface area (Å²) in [5.74, 6) is 0.854. The molecule has 18 heavy (non-hydrogen) atoms. The van der Waals surface area contributed by atoms with E-state index >= 15 is 0 Å². The molecule has 0 saturated carbocycles. The van der Waals surface area contributed by atoms with Gasteiger partial charge in [0, 0.05) is 19.8 Å². The van der Waals surface area contributed by atoms with Crippen molar-refractivity contribution < 1.29 is 9.13 Å². The summed E-state index contributed by atoms with van der Waals surface area (Å²) in [4.78, 5) is 5.81. The molecule has 0 aliphatic carbocycles. The molecule has 0 bridgehead atoms. The second kappa shape index (κ2) is 5.49. The molecule has 0 unspecified atom stereocenters. The Kier molecular flexibility index (Phi) is 3.77. The van der Waals surface area contributed by atoms with Gasteiger partial charge in [-0.1, -0.05) is 12.1 Å². The van der Waals surface area contributed by atoms with Crippen LogP contribution in [0.5, 0.6) is 5.75 Å². The molecule has 0 aliphatic rings. The lowest BCUT2D eigenvalue weighted by molar-refractivity contribution is 0.414. The van der Waals surface area contributed by atoms with Gasteiger partial charge in [0.2, 0.25) is 0 Å².